The van der Waals surface area contributed by atoms with Gasteiger partial charge in [0.25, 0.3) is 0 Å². The van der Waals surface area contributed by atoms with E-state index < -0.39 is 0 Å². The van der Waals surface area contributed by atoms with Crippen molar-refractivity contribution in [2.75, 3.05) is 13.1 Å². The standard InChI is InChI=1S/C28H28N6O/c1-20-17-22(21-7-4-3-5-8-21)10-11-24(20)34-25-9-6-13-30-27(25)33(28(34)35)23-12-15-32(18-23)19-26-29-14-16-31(26)2/h3-11,13-14,16-17,23H,12,15,18-19H2,1-2H3/t23-/m1/s1. The molecular formula is C28H28N6O. The number of nitrogens with zero attached hydrogens (tertiary/aromatic N) is 6. The van der Waals surface area contributed by atoms with Crippen LogP contribution in [0.1, 0.15) is 23.9 Å². The van der Waals surface area contributed by atoms with Crippen LogP contribution in [0.2, 0.25) is 0 Å². The lowest BCUT2D eigenvalue weighted by Crippen LogP contribution is -2.29. The van der Waals surface area contributed by atoms with Crippen LogP contribution in [-0.4, -0.2) is 41.7 Å². The van der Waals surface area contributed by atoms with Gasteiger partial charge in [-0.2, -0.15) is 0 Å². The van der Waals surface area contributed by atoms with Gasteiger partial charge in [-0.25, -0.2) is 14.8 Å². The molecule has 6 rings (SSSR count). The molecule has 5 aromatic rings. The second-order valence-corrected chi connectivity index (χ2v) is 9.33. The maximum Gasteiger partial charge on any atom is 0.335 e. The number of hydrogen-bond acceptors (Lipinski definition) is 4. The van der Waals surface area contributed by atoms with E-state index in [4.69, 9.17) is 0 Å². The van der Waals surface area contributed by atoms with Gasteiger partial charge < -0.3 is 4.57 Å². The lowest BCUT2D eigenvalue weighted by Gasteiger charge is -2.16. The summed E-state index contributed by atoms with van der Waals surface area (Å²) in [5, 5.41) is 0. The maximum atomic E-state index is 13.9. The number of imidazole rings is 2. The molecule has 0 amide bonds. The Hall–Kier alpha value is -3.97. The van der Waals surface area contributed by atoms with Gasteiger partial charge in [-0.05, 0) is 54.3 Å². The van der Waals surface area contributed by atoms with Crippen LogP contribution in [0.25, 0.3) is 28.0 Å². The Labute approximate surface area is 203 Å². The Morgan fingerprint density at radius 2 is 1.83 bits per heavy atom. The van der Waals surface area contributed by atoms with Crippen molar-refractivity contribution in [2.24, 2.45) is 7.05 Å². The lowest BCUT2D eigenvalue weighted by molar-refractivity contribution is 0.304. The molecule has 7 nitrogen and oxygen atoms in total. The zero-order valence-electron chi connectivity index (χ0n) is 20.0. The monoisotopic (exact) mass is 464 g/mol. The zero-order valence-corrected chi connectivity index (χ0v) is 20.0. The van der Waals surface area contributed by atoms with E-state index in [0.29, 0.717) is 0 Å². The summed E-state index contributed by atoms with van der Waals surface area (Å²) in [5.74, 6) is 1.03. The Morgan fingerprint density at radius 3 is 2.60 bits per heavy atom. The van der Waals surface area contributed by atoms with Crippen LogP contribution < -0.4 is 5.69 Å². The highest BCUT2D eigenvalue weighted by molar-refractivity contribution is 5.75. The van der Waals surface area contributed by atoms with Crippen LogP contribution in [0.3, 0.4) is 0 Å². The number of likely N-dealkylation sites (tertiary alicyclic amines) is 1. The number of aryl methyl sites for hydroxylation is 2. The van der Waals surface area contributed by atoms with E-state index in [9.17, 15) is 4.79 Å². The first-order chi connectivity index (χ1) is 17.1. The fourth-order valence-electron chi connectivity index (χ4n) is 5.24. The van der Waals surface area contributed by atoms with E-state index >= 15 is 0 Å². The van der Waals surface area contributed by atoms with Crippen molar-refractivity contribution < 1.29 is 0 Å². The van der Waals surface area contributed by atoms with Crippen molar-refractivity contribution in [1.29, 1.82) is 0 Å². The molecule has 7 heteroatoms. The number of aromatic nitrogens is 5. The molecular weight excluding hydrogens is 436 g/mol. The van der Waals surface area contributed by atoms with E-state index in [-0.39, 0.29) is 11.7 Å². The number of pyridine rings is 1. The second kappa shape index (κ2) is 8.67. The van der Waals surface area contributed by atoms with E-state index in [1.54, 1.807) is 6.20 Å². The summed E-state index contributed by atoms with van der Waals surface area (Å²) in [7, 11) is 2.02. The largest absolute Gasteiger partial charge is 0.337 e. The molecule has 4 heterocycles. The summed E-state index contributed by atoms with van der Waals surface area (Å²) >= 11 is 0. The van der Waals surface area contributed by atoms with E-state index in [2.05, 4.69) is 56.7 Å². The van der Waals surface area contributed by atoms with E-state index in [0.717, 1.165) is 65.4 Å². The molecule has 0 N–H and O–H groups in total. The van der Waals surface area contributed by atoms with Gasteiger partial charge in [-0.1, -0.05) is 36.4 Å². The second-order valence-electron chi connectivity index (χ2n) is 9.33. The lowest BCUT2D eigenvalue weighted by atomic mass is 10.0. The minimum atomic E-state index is -0.0295. The summed E-state index contributed by atoms with van der Waals surface area (Å²) in [5.41, 5.74) is 5.81. The Morgan fingerprint density at radius 1 is 0.971 bits per heavy atom. The molecule has 35 heavy (non-hydrogen) atoms. The first kappa shape index (κ1) is 21.6. The zero-order chi connectivity index (χ0) is 23.9. The Bertz CT molecular complexity index is 1560. The number of benzene rings is 2. The van der Waals surface area contributed by atoms with Crippen molar-refractivity contribution in [2.45, 2.75) is 25.9 Å². The van der Waals surface area contributed by atoms with Crippen molar-refractivity contribution in [3.05, 3.63) is 101 Å². The maximum absolute atomic E-state index is 13.9. The van der Waals surface area contributed by atoms with Gasteiger partial charge in [-0.15, -0.1) is 0 Å². The van der Waals surface area contributed by atoms with Gasteiger partial charge >= 0.3 is 5.69 Å². The molecule has 1 aliphatic heterocycles. The highest BCUT2D eigenvalue weighted by Crippen LogP contribution is 2.29. The molecule has 176 valence electrons. The average molecular weight is 465 g/mol. The van der Waals surface area contributed by atoms with Crippen LogP contribution in [-0.2, 0) is 13.6 Å². The molecule has 0 bridgehead atoms. The Kier molecular flexibility index (Phi) is 5.34. The van der Waals surface area contributed by atoms with Gasteiger partial charge in [0, 0.05) is 38.7 Å². The fourth-order valence-corrected chi connectivity index (χ4v) is 5.24. The summed E-state index contributed by atoms with van der Waals surface area (Å²) in [6, 6.07) is 20.6. The Balaban J connectivity index is 1.38. The number of rotatable bonds is 5. The van der Waals surface area contributed by atoms with Gasteiger partial charge in [-0.3, -0.25) is 14.0 Å². The third-order valence-corrected chi connectivity index (χ3v) is 7.08. The summed E-state index contributed by atoms with van der Waals surface area (Å²) in [4.78, 5) is 25.4. The average Bonchev–Trinajstić information content (AvgIpc) is 3.57. The molecule has 0 radical (unpaired) electrons. The van der Waals surface area contributed by atoms with Gasteiger partial charge in [0.15, 0.2) is 5.65 Å². The smallest absolute Gasteiger partial charge is 0.335 e. The normalized spacial score (nSPS) is 16.3. The highest BCUT2D eigenvalue weighted by Gasteiger charge is 2.29. The van der Waals surface area contributed by atoms with Gasteiger partial charge in [0.05, 0.1) is 23.8 Å². The molecule has 1 saturated heterocycles. The number of fused-ring (bicyclic) bond motifs is 1. The van der Waals surface area contributed by atoms with E-state index in [1.165, 1.54) is 0 Å². The molecule has 0 spiro atoms. The summed E-state index contributed by atoms with van der Waals surface area (Å²) < 4.78 is 5.78. The summed E-state index contributed by atoms with van der Waals surface area (Å²) in [6.45, 7) is 4.57. The minimum Gasteiger partial charge on any atom is -0.337 e. The third kappa shape index (κ3) is 3.78. The SMILES string of the molecule is Cc1cc(-c2ccccc2)ccc1-n1c(=O)n([C@@H]2CCN(Cc3nccn3C)C2)c2ncccc21. The van der Waals surface area contributed by atoms with Crippen molar-refractivity contribution in [1.82, 2.24) is 28.6 Å². The molecule has 3 aromatic heterocycles. The van der Waals surface area contributed by atoms with Crippen LogP contribution in [0.15, 0.2) is 84.0 Å². The molecule has 0 saturated carbocycles. The van der Waals surface area contributed by atoms with Crippen LogP contribution in [0.4, 0.5) is 0 Å². The van der Waals surface area contributed by atoms with Crippen LogP contribution in [0.5, 0.6) is 0 Å². The van der Waals surface area contributed by atoms with Crippen molar-refractivity contribution in [3.8, 4) is 16.8 Å². The first-order valence-electron chi connectivity index (χ1n) is 12.0. The predicted molar refractivity (Wildman–Crippen MR) is 138 cm³/mol. The molecule has 1 aliphatic rings. The first-order valence-corrected chi connectivity index (χ1v) is 12.0. The third-order valence-electron chi connectivity index (χ3n) is 7.08. The summed E-state index contributed by atoms with van der Waals surface area (Å²) in [6.07, 6.45) is 6.48. The van der Waals surface area contributed by atoms with Crippen molar-refractivity contribution >= 4 is 11.2 Å². The van der Waals surface area contributed by atoms with Crippen LogP contribution in [0, 0.1) is 6.92 Å². The topological polar surface area (TPSA) is 60.9 Å². The van der Waals surface area contributed by atoms with Gasteiger partial charge in [0.1, 0.15) is 5.82 Å². The predicted octanol–water partition coefficient (Wildman–Crippen LogP) is 4.34. The molecule has 1 fully saturated rings. The molecule has 1 atom stereocenters. The molecule has 0 aliphatic carbocycles. The number of hydrogen-bond donors (Lipinski definition) is 0. The molecule has 2 aromatic carbocycles. The van der Waals surface area contributed by atoms with Crippen LogP contribution >= 0.6 is 0 Å². The van der Waals surface area contributed by atoms with Gasteiger partial charge in [0.2, 0.25) is 0 Å². The minimum absolute atomic E-state index is 0.0295. The molecule has 0 unspecified atom stereocenters. The quantitative estimate of drug-likeness (QED) is 0.388. The highest BCUT2D eigenvalue weighted by atomic mass is 16.2. The fraction of sp³-hybridized carbons (Fsp3) is 0.250. The van der Waals surface area contributed by atoms with Crippen molar-refractivity contribution in [3.63, 3.8) is 0 Å². The van der Waals surface area contributed by atoms with E-state index in [1.807, 2.05) is 58.9 Å².